The third kappa shape index (κ3) is 1.99. The summed E-state index contributed by atoms with van der Waals surface area (Å²) in [5, 5.41) is 11.0. The van der Waals surface area contributed by atoms with Gasteiger partial charge in [0.1, 0.15) is 17.0 Å². The van der Waals surface area contributed by atoms with Crippen molar-refractivity contribution in [1.82, 2.24) is 25.2 Å². The van der Waals surface area contributed by atoms with Gasteiger partial charge in [-0.3, -0.25) is 9.69 Å². The Bertz CT molecular complexity index is 846. The van der Waals surface area contributed by atoms with Crippen LogP contribution in [-0.2, 0) is 30.3 Å². The molecule has 0 radical (unpaired) electrons. The highest BCUT2D eigenvalue weighted by atomic mass is 16.5. The number of benzene rings is 1. The highest BCUT2D eigenvalue weighted by Crippen LogP contribution is 2.43. The van der Waals surface area contributed by atoms with E-state index in [1.807, 2.05) is 18.2 Å². The summed E-state index contributed by atoms with van der Waals surface area (Å²) in [5.41, 5.74) is 1.46. The third-order valence-electron chi connectivity index (χ3n) is 4.69. The van der Waals surface area contributed by atoms with Crippen LogP contribution in [0.1, 0.15) is 23.2 Å². The van der Waals surface area contributed by atoms with Gasteiger partial charge in [-0.05, 0) is 36.1 Å². The van der Waals surface area contributed by atoms with Crippen molar-refractivity contribution in [3.8, 4) is 5.75 Å². The van der Waals surface area contributed by atoms with Gasteiger partial charge in [-0.25, -0.2) is 4.79 Å². The van der Waals surface area contributed by atoms with Crippen molar-refractivity contribution in [3.63, 3.8) is 0 Å². The molecule has 0 bridgehead atoms. The molecule has 1 spiro atoms. The highest BCUT2D eigenvalue weighted by Gasteiger charge is 2.55. The van der Waals surface area contributed by atoms with Crippen LogP contribution < -0.4 is 10.1 Å². The second-order valence-electron chi connectivity index (χ2n) is 6.08. The minimum atomic E-state index is -0.997. The molecule has 1 saturated heterocycles. The quantitative estimate of drug-likeness (QED) is 0.839. The average molecular weight is 327 g/mol. The monoisotopic (exact) mass is 327 g/mol. The molecule has 1 N–H and O–H groups in total. The normalized spacial score (nSPS) is 22.2. The number of urea groups is 1. The number of methoxy groups -OCH3 is 1. The number of carbonyl (C=O) groups is 2. The van der Waals surface area contributed by atoms with Crippen molar-refractivity contribution in [1.29, 1.82) is 0 Å². The first-order valence-electron chi connectivity index (χ1n) is 7.70. The summed E-state index contributed by atoms with van der Waals surface area (Å²) in [6, 6.07) is 5.26. The summed E-state index contributed by atoms with van der Waals surface area (Å²) in [5.74, 6) is 0.426. The number of nitrogens with one attached hydrogen (secondary N) is 1. The van der Waals surface area contributed by atoms with Gasteiger partial charge in [0.2, 0.25) is 0 Å². The number of aromatic nitrogens is 3. The molecule has 124 valence electrons. The van der Waals surface area contributed by atoms with Gasteiger partial charge in [-0.2, -0.15) is 15.0 Å². The molecule has 2 heterocycles. The van der Waals surface area contributed by atoms with E-state index in [0.29, 0.717) is 17.9 Å². The lowest BCUT2D eigenvalue weighted by atomic mass is 9.91. The maximum atomic E-state index is 13.1. The van der Waals surface area contributed by atoms with E-state index < -0.39 is 11.6 Å². The number of aryl methyl sites for hydroxylation is 2. The summed E-state index contributed by atoms with van der Waals surface area (Å²) >= 11 is 0. The van der Waals surface area contributed by atoms with Crippen LogP contribution >= 0.6 is 0 Å². The standard InChI is InChI=1S/C16H17N5O3/c1-20-17-8-11(19-20)9-21-14(22)16(18-15(21)23)6-5-10-3-4-12(24-2)7-13(10)16/h3-4,7-8H,5-6,9H2,1-2H3,(H,18,23). The molecule has 1 atom stereocenters. The van der Waals surface area contributed by atoms with Crippen molar-refractivity contribution in [2.45, 2.75) is 24.9 Å². The molecule has 1 unspecified atom stereocenters. The molecule has 8 nitrogen and oxygen atoms in total. The first-order valence-corrected chi connectivity index (χ1v) is 7.70. The van der Waals surface area contributed by atoms with E-state index in [0.717, 1.165) is 17.5 Å². The second kappa shape index (κ2) is 5.05. The lowest BCUT2D eigenvalue weighted by molar-refractivity contribution is -0.132. The minimum absolute atomic E-state index is 0.111. The van der Waals surface area contributed by atoms with Crippen LogP contribution in [0.15, 0.2) is 24.4 Å². The van der Waals surface area contributed by atoms with E-state index in [9.17, 15) is 9.59 Å². The number of amides is 3. The Kier molecular flexibility index (Phi) is 3.09. The highest BCUT2D eigenvalue weighted by molar-refractivity contribution is 6.08. The molecule has 0 saturated carbocycles. The first-order chi connectivity index (χ1) is 11.5. The fourth-order valence-corrected chi connectivity index (χ4v) is 3.50. The van der Waals surface area contributed by atoms with Gasteiger partial charge in [0.05, 0.1) is 19.9 Å². The molecule has 1 aromatic carbocycles. The number of fused-ring (bicyclic) bond motifs is 2. The fourth-order valence-electron chi connectivity index (χ4n) is 3.50. The largest absolute Gasteiger partial charge is 0.497 e. The van der Waals surface area contributed by atoms with Gasteiger partial charge in [0, 0.05) is 7.05 Å². The summed E-state index contributed by atoms with van der Waals surface area (Å²) < 4.78 is 5.27. The molecule has 1 aromatic heterocycles. The minimum Gasteiger partial charge on any atom is -0.497 e. The van der Waals surface area contributed by atoms with Crippen LogP contribution in [0, 0.1) is 0 Å². The zero-order valence-corrected chi connectivity index (χ0v) is 13.4. The maximum Gasteiger partial charge on any atom is 0.325 e. The molecule has 2 aliphatic rings. The van der Waals surface area contributed by atoms with Crippen LogP contribution in [0.4, 0.5) is 4.79 Å². The predicted octanol–water partition coefficient (Wildman–Crippen LogP) is 0.717. The number of rotatable bonds is 3. The van der Waals surface area contributed by atoms with E-state index in [1.165, 1.54) is 9.70 Å². The van der Waals surface area contributed by atoms with Crippen molar-refractivity contribution in [2.24, 2.45) is 7.05 Å². The van der Waals surface area contributed by atoms with Gasteiger partial charge in [-0.15, -0.1) is 0 Å². The molecule has 3 amide bonds. The van der Waals surface area contributed by atoms with Gasteiger partial charge < -0.3 is 10.1 Å². The third-order valence-corrected chi connectivity index (χ3v) is 4.69. The number of nitrogens with zero attached hydrogens (tertiary/aromatic N) is 4. The van der Waals surface area contributed by atoms with Crippen molar-refractivity contribution in [2.75, 3.05) is 7.11 Å². The Morgan fingerprint density at radius 2 is 2.21 bits per heavy atom. The first kappa shape index (κ1) is 14.7. The number of hydrogen-bond acceptors (Lipinski definition) is 5. The smallest absolute Gasteiger partial charge is 0.325 e. The number of imide groups is 1. The van der Waals surface area contributed by atoms with Gasteiger partial charge >= 0.3 is 6.03 Å². The van der Waals surface area contributed by atoms with E-state index in [2.05, 4.69) is 15.5 Å². The molecule has 1 aliphatic heterocycles. The van der Waals surface area contributed by atoms with E-state index in [1.54, 1.807) is 20.4 Å². The topological polar surface area (TPSA) is 89.3 Å². The maximum absolute atomic E-state index is 13.1. The Labute approximate surface area is 138 Å². The predicted molar refractivity (Wildman–Crippen MR) is 83.1 cm³/mol. The van der Waals surface area contributed by atoms with Crippen LogP contribution in [0.25, 0.3) is 0 Å². The summed E-state index contributed by atoms with van der Waals surface area (Å²) in [4.78, 5) is 28.1. The molecule has 1 fully saturated rings. The van der Waals surface area contributed by atoms with Crippen molar-refractivity contribution >= 4 is 11.9 Å². The molecule has 2 aromatic rings. The van der Waals surface area contributed by atoms with Crippen LogP contribution in [0.3, 0.4) is 0 Å². The summed E-state index contributed by atoms with van der Waals surface area (Å²) in [7, 11) is 3.27. The lowest BCUT2D eigenvalue weighted by Gasteiger charge is -2.22. The molecular formula is C16H17N5O3. The zero-order valence-electron chi connectivity index (χ0n) is 13.4. The van der Waals surface area contributed by atoms with E-state index in [-0.39, 0.29) is 12.5 Å². The van der Waals surface area contributed by atoms with Gasteiger partial charge in [0.25, 0.3) is 5.91 Å². The van der Waals surface area contributed by atoms with Crippen molar-refractivity contribution < 1.29 is 14.3 Å². The van der Waals surface area contributed by atoms with E-state index in [4.69, 9.17) is 4.74 Å². The summed E-state index contributed by atoms with van der Waals surface area (Å²) in [6.45, 7) is 0.111. The van der Waals surface area contributed by atoms with Gasteiger partial charge in [-0.1, -0.05) is 6.07 Å². The van der Waals surface area contributed by atoms with Crippen LogP contribution in [-0.4, -0.2) is 38.9 Å². The Hall–Kier alpha value is -2.90. The van der Waals surface area contributed by atoms with E-state index >= 15 is 0 Å². The fraction of sp³-hybridized carbons (Fsp3) is 0.375. The Balaban J connectivity index is 1.69. The van der Waals surface area contributed by atoms with Crippen LogP contribution in [0.5, 0.6) is 5.75 Å². The molecule has 4 rings (SSSR count). The molecule has 1 aliphatic carbocycles. The van der Waals surface area contributed by atoms with Gasteiger partial charge in [0.15, 0.2) is 0 Å². The Morgan fingerprint density at radius 1 is 1.38 bits per heavy atom. The molecular weight excluding hydrogens is 310 g/mol. The number of carbonyl (C=O) groups excluding carboxylic acids is 2. The Morgan fingerprint density at radius 3 is 2.92 bits per heavy atom. The lowest BCUT2D eigenvalue weighted by Crippen LogP contribution is -2.41. The average Bonchev–Trinajstić information content (AvgIpc) is 3.22. The zero-order chi connectivity index (χ0) is 16.9. The number of ether oxygens (including phenoxy) is 1. The second-order valence-corrected chi connectivity index (χ2v) is 6.08. The number of hydrogen-bond donors (Lipinski definition) is 1. The summed E-state index contributed by atoms with van der Waals surface area (Å²) in [6.07, 6.45) is 2.85. The SMILES string of the molecule is COc1ccc2c(c1)C1(CC2)NC(=O)N(Cc2cnn(C)n2)C1=O. The van der Waals surface area contributed by atoms with Crippen LogP contribution in [0.2, 0.25) is 0 Å². The molecule has 24 heavy (non-hydrogen) atoms. The molecule has 8 heteroatoms. The van der Waals surface area contributed by atoms with Crippen molar-refractivity contribution in [3.05, 3.63) is 41.2 Å².